The summed E-state index contributed by atoms with van der Waals surface area (Å²) >= 11 is 0. The molecule has 2 saturated heterocycles. The molecule has 1 aromatic carbocycles. The van der Waals surface area contributed by atoms with Crippen LogP contribution < -0.4 is 5.76 Å². The number of aromatic amines is 1. The van der Waals surface area contributed by atoms with Gasteiger partial charge in [-0.05, 0) is 62.7 Å². The van der Waals surface area contributed by atoms with E-state index in [9.17, 15) is 13.2 Å². The normalized spacial score (nSPS) is 21.8. The van der Waals surface area contributed by atoms with E-state index in [0.29, 0.717) is 24.5 Å². The van der Waals surface area contributed by atoms with Crippen LogP contribution in [-0.4, -0.2) is 55.3 Å². The van der Waals surface area contributed by atoms with E-state index in [2.05, 4.69) is 16.8 Å². The largest absolute Gasteiger partial charge is 0.417 e. The maximum atomic E-state index is 13.0. The van der Waals surface area contributed by atoms with E-state index in [4.69, 9.17) is 4.42 Å². The smallest absolute Gasteiger partial charge is 0.408 e. The van der Waals surface area contributed by atoms with Gasteiger partial charge in [-0.3, -0.25) is 4.98 Å². The zero-order valence-electron chi connectivity index (χ0n) is 15.7. The van der Waals surface area contributed by atoms with Gasteiger partial charge >= 0.3 is 5.76 Å². The monoisotopic (exact) mass is 393 g/mol. The Labute approximate surface area is 159 Å². The molecule has 7 nitrogen and oxygen atoms in total. The lowest BCUT2D eigenvalue weighted by Crippen LogP contribution is -2.43. The van der Waals surface area contributed by atoms with E-state index in [1.54, 1.807) is 10.4 Å². The number of nitrogens with one attached hydrogen (secondary N) is 1. The molecule has 8 heteroatoms. The Hall–Kier alpha value is -1.64. The fourth-order valence-electron chi connectivity index (χ4n) is 4.18. The number of oxazole rings is 1. The highest BCUT2D eigenvalue weighted by Gasteiger charge is 2.31. The predicted molar refractivity (Wildman–Crippen MR) is 103 cm³/mol. The number of rotatable bonds is 4. The molecule has 1 N–H and O–H groups in total. The number of piperidine rings is 2. The van der Waals surface area contributed by atoms with Crippen LogP contribution in [0, 0.1) is 11.8 Å². The lowest BCUT2D eigenvalue weighted by molar-refractivity contribution is 0.142. The highest BCUT2D eigenvalue weighted by atomic mass is 32.2. The molecule has 3 heterocycles. The van der Waals surface area contributed by atoms with Gasteiger partial charge < -0.3 is 9.32 Å². The first-order valence-electron chi connectivity index (χ1n) is 9.77. The standard InChI is InChI=1S/C19H27N3O4S/c1-14-4-8-21(9-5-14)13-15-6-10-22(11-7-15)27(24,25)16-2-3-17-18(12-16)26-19(23)20-17/h2-3,12,14-15H,4-11,13H2,1H3,(H,20,23). The van der Waals surface area contributed by atoms with Crippen molar-refractivity contribution in [1.29, 1.82) is 0 Å². The summed E-state index contributed by atoms with van der Waals surface area (Å²) in [5, 5.41) is 0. The zero-order valence-corrected chi connectivity index (χ0v) is 16.5. The fourth-order valence-corrected chi connectivity index (χ4v) is 5.66. The molecule has 0 aliphatic carbocycles. The average Bonchev–Trinajstić information content (AvgIpc) is 3.03. The summed E-state index contributed by atoms with van der Waals surface area (Å²) in [6.45, 7) is 6.83. The minimum Gasteiger partial charge on any atom is -0.408 e. The molecule has 27 heavy (non-hydrogen) atoms. The third kappa shape index (κ3) is 3.97. The van der Waals surface area contributed by atoms with Crippen molar-refractivity contribution in [2.75, 3.05) is 32.7 Å². The van der Waals surface area contributed by atoms with E-state index in [-0.39, 0.29) is 10.5 Å². The van der Waals surface area contributed by atoms with Crippen LogP contribution in [0.25, 0.3) is 11.1 Å². The molecule has 0 unspecified atom stereocenters. The molecular formula is C19H27N3O4S. The number of aromatic nitrogens is 1. The Morgan fingerprint density at radius 1 is 1.11 bits per heavy atom. The van der Waals surface area contributed by atoms with Gasteiger partial charge in [-0.25, -0.2) is 13.2 Å². The Balaban J connectivity index is 1.39. The van der Waals surface area contributed by atoms with Crippen LogP contribution in [0.5, 0.6) is 0 Å². The van der Waals surface area contributed by atoms with Crippen LogP contribution in [-0.2, 0) is 10.0 Å². The summed E-state index contributed by atoms with van der Waals surface area (Å²) in [4.78, 5) is 16.5. The molecule has 2 fully saturated rings. The predicted octanol–water partition coefficient (Wildman–Crippen LogP) is 2.25. The first-order valence-corrected chi connectivity index (χ1v) is 11.2. The average molecular weight is 394 g/mol. The Morgan fingerprint density at radius 3 is 2.52 bits per heavy atom. The van der Waals surface area contributed by atoms with Gasteiger partial charge in [0.2, 0.25) is 10.0 Å². The van der Waals surface area contributed by atoms with Crippen LogP contribution in [0.15, 0.2) is 32.3 Å². The molecule has 1 aromatic heterocycles. The molecule has 4 rings (SSSR count). The highest BCUT2D eigenvalue weighted by molar-refractivity contribution is 7.89. The minimum absolute atomic E-state index is 0.182. The van der Waals surface area contributed by atoms with Crippen molar-refractivity contribution in [2.24, 2.45) is 11.8 Å². The van der Waals surface area contributed by atoms with Crippen molar-refractivity contribution < 1.29 is 12.8 Å². The molecule has 0 bridgehead atoms. The number of hydrogen-bond acceptors (Lipinski definition) is 5. The van der Waals surface area contributed by atoms with E-state index in [1.165, 1.54) is 38.1 Å². The van der Waals surface area contributed by atoms with Gasteiger partial charge in [0.25, 0.3) is 0 Å². The second-order valence-electron chi connectivity index (χ2n) is 8.00. The number of nitrogens with zero attached hydrogens (tertiary/aromatic N) is 2. The van der Waals surface area contributed by atoms with Crippen molar-refractivity contribution in [2.45, 2.75) is 37.5 Å². The molecule has 2 aliphatic rings. The number of H-pyrrole nitrogens is 1. The fraction of sp³-hybridized carbons (Fsp3) is 0.632. The van der Waals surface area contributed by atoms with E-state index in [1.807, 2.05) is 0 Å². The van der Waals surface area contributed by atoms with Crippen LogP contribution in [0.1, 0.15) is 32.6 Å². The number of sulfonamides is 1. The van der Waals surface area contributed by atoms with Crippen LogP contribution >= 0.6 is 0 Å². The summed E-state index contributed by atoms with van der Waals surface area (Å²) in [6.07, 6.45) is 4.33. The lowest BCUT2D eigenvalue weighted by atomic mass is 9.94. The maximum absolute atomic E-state index is 13.0. The van der Waals surface area contributed by atoms with Gasteiger partial charge in [0, 0.05) is 25.7 Å². The second kappa shape index (κ2) is 7.41. The Kier molecular flexibility index (Phi) is 5.13. The van der Waals surface area contributed by atoms with Gasteiger partial charge in [-0.1, -0.05) is 6.92 Å². The summed E-state index contributed by atoms with van der Waals surface area (Å²) in [5.41, 5.74) is 0.781. The maximum Gasteiger partial charge on any atom is 0.417 e. The number of likely N-dealkylation sites (tertiary alicyclic amines) is 1. The van der Waals surface area contributed by atoms with Crippen molar-refractivity contribution >= 4 is 21.1 Å². The molecule has 0 spiro atoms. The van der Waals surface area contributed by atoms with E-state index >= 15 is 0 Å². The third-order valence-electron chi connectivity index (χ3n) is 6.00. The van der Waals surface area contributed by atoms with Crippen LogP contribution in [0.3, 0.4) is 0 Å². The lowest BCUT2D eigenvalue weighted by Gasteiger charge is -2.36. The Bertz CT molecular complexity index is 949. The molecule has 0 saturated carbocycles. The quantitative estimate of drug-likeness (QED) is 0.861. The van der Waals surface area contributed by atoms with Crippen LogP contribution in [0.2, 0.25) is 0 Å². The van der Waals surface area contributed by atoms with Crippen molar-refractivity contribution in [3.8, 4) is 0 Å². The molecule has 0 radical (unpaired) electrons. The first kappa shape index (κ1) is 18.7. The molecule has 2 aromatic rings. The number of benzene rings is 1. The molecular weight excluding hydrogens is 366 g/mol. The van der Waals surface area contributed by atoms with Gasteiger partial charge in [-0.15, -0.1) is 0 Å². The second-order valence-corrected chi connectivity index (χ2v) is 9.94. The van der Waals surface area contributed by atoms with Crippen molar-refractivity contribution in [3.63, 3.8) is 0 Å². The number of hydrogen-bond donors (Lipinski definition) is 1. The molecule has 148 valence electrons. The van der Waals surface area contributed by atoms with Gasteiger partial charge in [0.1, 0.15) is 0 Å². The SMILES string of the molecule is CC1CCN(CC2CCN(S(=O)(=O)c3ccc4[nH]c(=O)oc4c3)CC2)CC1. The summed E-state index contributed by atoms with van der Waals surface area (Å²) in [6, 6.07) is 4.55. The van der Waals surface area contributed by atoms with Gasteiger partial charge in [-0.2, -0.15) is 4.31 Å². The Morgan fingerprint density at radius 2 is 1.81 bits per heavy atom. The van der Waals surface area contributed by atoms with Crippen LogP contribution in [0.4, 0.5) is 0 Å². The molecule has 2 aliphatic heterocycles. The highest BCUT2D eigenvalue weighted by Crippen LogP contribution is 2.27. The first-order chi connectivity index (χ1) is 12.9. The summed E-state index contributed by atoms with van der Waals surface area (Å²) in [7, 11) is -3.56. The zero-order chi connectivity index (χ0) is 19.0. The topological polar surface area (TPSA) is 86.6 Å². The van der Waals surface area contributed by atoms with Gasteiger partial charge in [0.15, 0.2) is 5.58 Å². The molecule has 0 amide bonds. The van der Waals surface area contributed by atoms with Gasteiger partial charge in [0.05, 0.1) is 10.4 Å². The van der Waals surface area contributed by atoms with Crippen molar-refractivity contribution in [1.82, 2.24) is 14.2 Å². The minimum atomic E-state index is -3.56. The van der Waals surface area contributed by atoms with E-state index < -0.39 is 15.8 Å². The summed E-state index contributed by atoms with van der Waals surface area (Å²) < 4.78 is 32.5. The van der Waals surface area contributed by atoms with E-state index in [0.717, 1.165) is 25.3 Å². The molecule has 0 atom stereocenters. The summed E-state index contributed by atoms with van der Waals surface area (Å²) in [5.74, 6) is 0.817. The van der Waals surface area contributed by atoms with Crippen molar-refractivity contribution in [3.05, 3.63) is 28.7 Å². The third-order valence-corrected chi connectivity index (χ3v) is 7.89. The number of fused-ring (bicyclic) bond motifs is 1.